The molecule has 1 N–H and O–H groups in total. The van der Waals surface area contributed by atoms with Crippen molar-refractivity contribution in [3.8, 4) is 0 Å². The Labute approximate surface area is 240 Å². The van der Waals surface area contributed by atoms with Gasteiger partial charge in [0.15, 0.2) is 0 Å². The molecule has 3 atom stereocenters. The Kier molecular flexibility index (Phi) is 6.66. The number of thioether (sulfide) groups is 1. The van der Waals surface area contributed by atoms with Crippen LogP contribution in [0, 0.1) is 12.8 Å². The second-order valence-corrected chi connectivity index (χ2v) is 12.1. The number of imide groups is 1. The summed E-state index contributed by atoms with van der Waals surface area (Å²) in [5.41, 5.74) is 1.92. The van der Waals surface area contributed by atoms with Crippen molar-refractivity contribution < 1.29 is 18.8 Å². The Balaban J connectivity index is 1.37. The molecule has 6 rings (SSSR count). The summed E-state index contributed by atoms with van der Waals surface area (Å²) in [4.78, 5) is 54.9. The van der Waals surface area contributed by atoms with E-state index in [0.717, 1.165) is 28.7 Å². The third-order valence-corrected chi connectivity index (χ3v) is 10.0. The number of rotatable bonds is 5. The second kappa shape index (κ2) is 10.0. The monoisotopic (exact) mass is 599 g/mol. The lowest BCUT2D eigenvalue weighted by molar-refractivity contribution is -0.122. The molecular formula is C27H19Cl2N3O5S2. The number of benzene rings is 2. The van der Waals surface area contributed by atoms with Crippen LogP contribution in [0.2, 0.25) is 10.0 Å². The van der Waals surface area contributed by atoms with E-state index in [2.05, 4.69) is 5.32 Å². The zero-order chi connectivity index (χ0) is 27.4. The van der Waals surface area contributed by atoms with Crippen LogP contribution in [0.4, 0.5) is 11.4 Å². The van der Waals surface area contributed by atoms with Crippen molar-refractivity contribution in [3.63, 3.8) is 0 Å². The molecule has 2 aromatic heterocycles. The summed E-state index contributed by atoms with van der Waals surface area (Å²) in [6.45, 7) is 1.64. The smallest absolute Gasteiger partial charge is 0.308 e. The third-order valence-electron chi connectivity index (χ3n) is 6.70. The zero-order valence-corrected chi connectivity index (χ0v) is 23.4. The van der Waals surface area contributed by atoms with E-state index >= 15 is 0 Å². The average Bonchev–Trinajstić information content (AvgIpc) is 3.60. The van der Waals surface area contributed by atoms with Gasteiger partial charge in [0.25, 0.3) is 0 Å². The largest absolute Gasteiger partial charge is 0.469 e. The number of nitrogens with zero attached hydrogens (tertiary/aromatic N) is 2. The SMILES string of the molecule is Cc1ccc(N2C(=O)C3Sc4c(sc(=O)n4CC(=O)Nc4ccc(Cl)c(Cl)c4)[C@H](c4ccco4)C3C2=O)cc1. The highest BCUT2D eigenvalue weighted by molar-refractivity contribution is 8.00. The topological polar surface area (TPSA) is 102 Å². The molecule has 12 heteroatoms. The van der Waals surface area contributed by atoms with Gasteiger partial charge in [-0.25, -0.2) is 4.90 Å². The van der Waals surface area contributed by atoms with E-state index in [1.54, 1.807) is 36.4 Å². The first kappa shape index (κ1) is 25.9. The number of anilines is 2. The molecule has 0 bridgehead atoms. The summed E-state index contributed by atoms with van der Waals surface area (Å²) in [5, 5.41) is 3.04. The molecule has 3 amide bonds. The molecule has 4 aromatic rings. The second-order valence-electron chi connectivity index (χ2n) is 9.21. The number of halogens is 2. The number of amides is 3. The first-order chi connectivity index (χ1) is 18.7. The molecule has 0 spiro atoms. The van der Waals surface area contributed by atoms with Gasteiger partial charge >= 0.3 is 4.87 Å². The van der Waals surface area contributed by atoms with Gasteiger partial charge in [0.1, 0.15) is 17.6 Å². The molecule has 2 unspecified atom stereocenters. The number of carbonyl (C=O) groups is 3. The highest BCUT2D eigenvalue weighted by Gasteiger charge is 2.57. The number of hydrogen-bond acceptors (Lipinski definition) is 7. The van der Waals surface area contributed by atoms with Crippen LogP contribution < -0.4 is 15.1 Å². The molecule has 1 saturated heterocycles. The number of thiazole rings is 1. The summed E-state index contributed by atoms with van der Waals surface area (Å²) in [6.07, 6.45) is 1.50. The van der Waals surface area contributed by atoms with Crippen LogP contribution >= 0.6 is 46.3 Å². The molecule has 39 heavy (non-hydrogen) atoms. The van der Waals surface area contributed by atoms with Crippen molar-refractivity contribution >= 4 is 75.4 Å². The fourth-order valence-electron chi connectivity index (χ4n) is 4.90. The van der Waals surface area contributed by atoms with Gasteiger partial charge < -0.3 is 9.73 Å². The quantitative estimate of drug-likeness (QED) is 0.302. The predicted octanol–water partition coefficient (Wildman–Crippen LogP) is 5.55. The van der Waals surface area contributed by atoms with Crippen LogP contribution in [0.3, 0.4) is 0 Å². The number of fused-ring (bicyclic) bond motifs is 2. The first-order valence-corrected chi connectivity index (χ1v) is 14.3. The lowest BCUT2D eigenvalue weighted by Crippen LogP contribution is -2.32. The van der Waals surface area contributed by atoms with E-state index in [0.29, 0.717) is 32.1 Å². The van der Waals surface area contributed by atoms with E-state index in [-0.39, 0.29) is 28.3 Å². The number of hydrogen-bond donors (Lipinski definition) is 1. The van der Waals surface area contributed by atoms with Crippen molar-refractivity contribution in [1.82, 2.24) is 4.57 Å². The van der Waals surface area contributed by atoms with Crippen molar-refractivity contribution in [2.45, 2.75) is 29.7 Å². The van der Waals surface area contributed by atoms with Crippen LogP contribution in [0.25, 0.3) is 0 Å². The Morgan fingerprint density at radius 3 is 2.49 bits per heavy atom. The highest BCUT2D eigenvalue weighted by Crippen LogP contribution is 2.53. The van der Waals surface area contributed by atoms with Gasteiger partial charge in [0, 0.05) is 5.69 Å². The molecule has 0 aliphatic carbocycles. The van der Waals surface area contributed by atoms with Gasteiger partial charge in [-0.1, -0.05) is 64.0 Å². The minimum absolute atomic E-state index is 0.282. The van der Waals surface area contributed by atoms with Crippen molar-refractivity contribution in [2.75, 3.05) is 10.2 Å². The number of aromatic nitrogens is 1. The molecule has 4 heterocycles. The highest BCUT2D eigenvalue weighted by atomic mass is 35.5. The molecule has 2 aliphatic rings. The van der Waals surface area contributed by atoms with E-state index in [1.807, 2.05) is 19.1 Å². The Hall–Kier alpha value is -3.31. The minimum atomic E-state index is -0.792. The van der Waals surface area contributed by atoms with Crippen LogP contribution in [-0.2, 0) is 20.9 Å². The Morgan fingerprint density at radius 2 is 1.79 bits per heavy atom. The van der Waals surface area contributed by atoms with Gasteiger partial charge in [-0.15, -0.1) is 0 Å². The Bertz CT molecular complexity index is 1680. The molecule has 0 saturated carbocycles. The van der Waals surface area contributed by atoms with Crippen molar-refractivity contribution in [3.05, 3.63) is 96.8 Å². The summed E-state index contributed by atoms with van der Waals surface area (Å²) < 4.78 is 7.05. The summed E-state index contributed by atoms with van der Waals surface area (Å²) in [5.74, 6) is -2.11. The van der Waals surface area contributed by atoms with E-state index in [4.69, 9.17) is 27.6 Å². The maximum absolute atomic E-state index is 13.8. The first-order valence-electron chi connectivity index (χ1n) is 11.9. The minimum Gasteiger partial charge on any atom is -0.469 e. The average molecular weight is 601 g/mol. The number of carbonyl (C=O) groups excluding carboxylic acids is 3. The van der Waals surface area contributed by atoms with Gasteiger partial charge in [-0.05, 0) is 49.4 Å². The summed E-state index contributed by atoms with van der Waals surface area (Å²) in [7, 11) is 0. The van der Waals surface area contributed by atoms with Crippen LogP contribution in [-0.4, -0.2) is 27.5 Å². The fourth-order valence-corrected chi connectivity index (χ4v) is 7.95. The van der Waals surface area contributed by atoms with E-state index in [1.165, 1.54) is 21.8 Å². The predicted molar refractivity (Wildman–Crippen MR) is 151 cm³/mol. The van der Waals surface area contributed by atoms with Gasteiger partial charge in [0.2, 0.25) is 17.7 Å². The third kappa shape index (κ3) is 4.51. The van der Waals surface area contributed by atoms with Crippen molar-refractivity contribution in [2.24, 2.45) is 5.92 Å². The summed E-state index contributed by atoms with van der Waals surface area (Å²) in [6, 6.07) is 15.3. The Morgan fingerprint density at radius 1 is 1.03 bits per heavy atom. The molecule has 8 nitrogen and oxygen atoms in total. The normalized spacial score (nSPS) is 20.2. The van der Waals surface area contributed by atoms with E-state index in [9.17, 15) is 19.2 Å². The molecule has 0 radical (unpaired) electrons. The number of nitrogens with one attached hydrogen (secondary N) is 1. The molecule has 2 aliphatic heterocycles. The lowest BCUT2D eigenvalue weighted by Gasteiger charge is -2.29. The van der Waals surface area contributed by atoms with Gasteiger partial charge in [-0.2, -0.15) is 0 Å². The maximum atomic E-state index is 13.8. The van der Waals surface area contributed by atoms with Crippen LogP contribution in [0.15, 0.2) is 75.1 Å². The van der Waals surface area contributed by atoms with Gasteiger partial charge in [-0.3, -0.25) is 23.7 Å². The number of furan rings is 1. The fraction of sp³-hybridized carbons (Fsp3) is 0.185. The molecule has 1 fully saturated rings. The van der Waals surface area contributed by atoms with Crippen LogP contribution in [0.5, 0.6) is 0 Å². The van der Waals surface area contributed by atoms with Crippen molar-refractivity contribution in [1.29, 1.82) is 0 Å². The van der Waals surface area contributed by atoms with Gasteiger partial charge in [0.05, 0.1) is 43.7 Å². The lowest BCUT2D eigenvalue weighted by atomic mass is 9.87. The number of aryl methyl sites for hydroxylation is 1. The van der Waals surface area contributed by atoms with E-state index < -0.39 is 23.0 Å². The molecule has 2 aromatic carbocycles. The molecule has 198 valence electrons. The molecular weight excluding hydrogens is 581 g/mol. The van der Waals surface area contributed by atoms with Crippen LogP contribution in [0.1, 0.15) is 22.1 Å². The maximum Gasteiger partial charge on any atom is 0.308 e. The standard InChI is InChI=1S/C27H19Cl2N3O5S2/c1-13-4-7-15(8-5-13)32-24(34)21-20(18-3-2-10-37-18)23-26(38-22(21)25(32)35)31(27(36)39-23)12-19(33)30-14-6-9-16(28)17(29)11-14/h2-11,20-22H,12H2,1H3,(H,30,33)/t20-,21?,22?/m1/s1. The zero-order valence-electron chi connectivity index (χ0n) is 20.2. The summed E-state index contributed by atoms with van der Waals surface area (Å²) >= 11 is 14.1.